The number of carbonyl (C=O) groups excluding carboxylic acids is 1. The molecule has 13 heavy (non-hydrogen) atoms. The van der Waals surface area contributed by atoms with E-state index in [2.05, 4.69) is 12.2 Å². The Labute approximate surface area is 80.5 Å². The molecular formula is C10H20N2O. The molecule has 1 N–H and O–H groups in total. The predicted octanol–water partition coefficient (Wildman–Crippen LogP) is 0.854. The third kappa shape index (κ3) is 3.35. The van der Waals surface area contributed by atoms with Crippen LogP contribution in [0.3, 0.4) is 0 Å². The summed E-state index contributed by atoms with van der Waals surface area (Å²) < 4.78 is 0. The number of hydrogen-bond acceptors (Lipinski definition) is 2. The van der Waals surface area contributed by atoms with Crippen molar-refractivity contribution in [1.82, 2.24) is 10.2 Å². The van der Waals surface area contributed by atoms with Crippen LogP contribution in [-0.2, 0) is 4.79 Å². The minimum atomic E-state index is 0.224. The Bertz CT molecular complexity index is 162. The fourth-order valence-corrected chi connectivity index (χ4v) is 1.80. The first-order valence-corrected chi connectivity index (χ1v) is 5.20. The fraction of sp³-hybridized carbons (Fsp3) is 0.900. The van der Waals surface area contributed by atoms with Gasteiger partial charge in [0.15, 0.2) is 0 Å². The van der Waals surface area contributed by atoms with E-state index in [-0.39, 0.29) is 5.91 Å². The van der Waals surface area contributed by atoms with Crippen molar-refractivity contribution in [3.8, 4) is 0 Å². The normalized spacial score (nSPS) is 19.1. The van der Waals surface area contributed by atoms with Gasteiger partial charge < -0.3 is 10.2 Å². The molecule has 1 aliphatic heterocycles. The maximum absolute atomic E-state index is 11.0. The summed E-state index contributed by atoms with van der Waals surface area (Å²) in [7, 11) is 0. The van der Waals surface area contributed by atoms with Gasteiger partial charge in [-0.2, -0.15) is 0 Å². The van der Waals surface area contributed by atoms with Crippen molar-refractivity contribution in [3.63, 3.8) is 0 Å². The molecule has 0 radical (unpaired) electrons. The monoisotopic (exact) mass is 184 g/mol. The molecule has 1 amide bonds. The van der Waals surface area contributed by atoms with Gasteiger partial charge in [0, 0.05) is 20.0 Å². The SMILES string of the molecule is CCNCC1CCN(C(C)=O)CC1. The van der Waals surface area contributed by atoms with Gasteiger partial charge in [-0.05, 0) is 31.8 Å². The lowest BCUT2D eigenvalue weighted by Crippen LogP contribution is -2.39. The number of nitrogens with one attached hydrogen (secondary N) is 1. The number of hydrogen-bond donors (Lipinski definition) is 1. The summed E-state index contributed by atoms with van der Waals surface area (Å²) >= 11 is 0. The van der Waals surface area contributed by atoms with E-state index < -0.39 is 0 Å². The molecule has 1 heterocycles. The predicted molar refractivity (Wildman–Crippen MR) is 53.5 cm³/mol. The van der Waals surface area contributed by atoms with Crippen LogP contribution < -0.4 is 5.32 Å². The molecule has 76 valence electrons. The first-order chi connectivity index (χ1) is 6.24. The zero-order chi connectivity index (χ0) is 9.68. The summed E-state index contributed by atoms with van der Waals surface area (Å²) in [5.41, 5.74) is 0. The van der Waals surface area contributed by atoms with E-state index in [0.717, 1.165) is 44.9 Å². The number of carbonyl (C=O) groups is 1. The average Bonchev–Trinajstić information content (AvgIpc) is 2.15. The van der Waals surface area contributed by atoms with E-state index in [1.165, 1.54) is 0 Å². The molecule has 0 atom stereocenters. The number of amides is 1. The Balaban J connectivity index is 2.18. The number of rotatable bonds is 3. The van der Waals surface area contributed by atoms with Crippen LogP contribution in [0.5, 0.6) is 0 Å². The molecule has 0 saturated carbocycles. The minimum Gasteiger partial charge on any atom is -0.343 e. The van der Waals surface area contributed by atoms with Crippen molar-refractivity contribution in [2.75, 3.05) is 26.2 Å². The molecule has 0 spiro atoms. The van der Waals surface area contributed by atoms with Gasteiger partial charge in [-0.1, -0.05) is 6.92 Å². The first-order valence-electron chi connectivity index (χ1n) is 5.20. The van der Waals surface area contributed by atoms with Crippen molar-refractivity contribution < 1.29 is 4.79 Å². The highest BCUT2D eigenvalue weighted by Crippen LogP contribution is 2.15. The summed E-state index contributed by atoms with van der Waals surface area (Å²) in [4.78, 5) is 13.0. The molecule has 0 aromatic heterocycles. The van der Waals surface area contributed by atoms with Gasteiger partial charge >= 0.3 is 0 Å². The van der Waals surface area contributed by atoms with Crippen LogP contribution in [0.25, 0.3) is 0 Å². The van der Waals surface area contributed by atoms with Gasteiger partial charge in [0.05, 0.1) is 0 Å². The third-order valence-corrected chi connectivity index (χ3v) is 2.74. The zero-order valence-electron chi connectivity index (χ0n) is 8.68. The minimum absolute atomic E-state index is 0.224. The van der Waals surface area contributed by atoms with Crippen molar-refractivity contribution in [2.45, 2.75) is 26.7 Å². The second-order valence-corrected chi connectivity index (χ2v) is 3.76. The molecular weight excluding hydrogens is 164 g/mol. The summed E-state index contributed by atoms with van der Waals surface area (Å²) in [5, 5.41) is 3.36. The lowest BCUT2D eigenvalue weighted by atomic mass is 9.97. The zero-order valence-corrected chi connectivity index (χ0v) is 8.68. The number of likely N-dealkylation sites (tertiary alicyclic amines) is 1. The van der Waals surface area contributed by atoms with E-state index >= 15 is 0 Å². The molecule has 1 aliphatic rings. The molecule has 0 aliphatic carbocycles. The van der Waals surface area contributed by atoms with Gasteiger partial charge in [0.2, 0.25) is 5.91 Å². The van der Waals surface area contributed by atoms with Gasteiger partial charge in [0.1, 0.15) is 0 Å². The van der Waals surface area contributed by atoms with Gasteiger partial charge in [-0.3, -0.25) is 4.79 Å². The molecule has 1 rings (SSSR count). The van der Waals surface area contributed by atoms with E-state index in [4.69, 9.17) is 0 Å². The lowest BCUT2D eigenvalue weighted by molar-refractivity contribution is -0.130. The number of piperidine rings is 1. The van der Waals surface area contributed by atoms with Crippen molar-refractivity contribution >= 4 is 5.91 Å². The highest BCUT2D eigenvalue weighted by Gasteiger charge is 2.19. The van der Waals surface area contributed by atoms with Crippen LogP contribution in [-0.4, -0.2) is 37.0 Å². The molecule has 1 saturated heterocycles. The number of nitrogens with zero attached hydrogens (tertiary/aromatic N) is 1. The molecule has 0 aromatic rings. The van der Waals surface area contributed by atoms with Crippen molar-refractivity contribution in [1.29, 1.82) is 0 Å². The van der Waals surface area contributed by atoms with E-state index in [9.17, 15) is 4.79 Å². The van der Waals surface area contributed by atoms with Gasteiger partial charge in [-0.15, -0.1) is 0 Å². The highest BCUT2D eigenvalue weighted by molar-refractivity contribution is 5.73. The van der Waals surface area contributed by atoms with E-state index in [1.807, 2.05) is 4.90 Å². The lowest BCUT2D eigenvalue weighted by Gasteiger charge is -2.31. The van der Waals surface area contributed by atoms with E-state index in [0.29, 0.717) is 0 Å². The Hall–Kier alpha value is -0.570. The highest BCUT2D eigenvalue weighted by atomic mass is 16.2. The molecule has 0 unspecified atom stereocenters. The molecule has 3 nitrogen and oxygen atoms in total. The van der Waals surface area contributed by atoms with Crippen LogP contribution in [0.1, 0.15) is 26.7 Å². The molecule has 3 heteroatoms. The third-order valence-electron chi connectivity index (χ3n) is 2.74. The maximum Gasteiger partial charge on any atom is 0.219 e. The summed E-state index contributed by atoms with van der Waals surface area (Å²) in [6.07, 6.45) is 2.32. The molecule has 0 bridgehead atoms. The van der Waals surface area contributed by atoms with Gasteiger partial charge in [0.25, 0.3) is 0 Å². The second kappa shape index (κ2) is 5.22. The van der Waals surface area contributed by atoms with E-state index in [1.54, 1.807) is 6.92 Å². The Morgan fingerprint density at radius 1 is 1.46 bits per heavy atom. The second-order valence-electron chi connectivity index (χ2n) is 3.76. The smallest absolute Gasteiger partial charge is 0.219 e. The standard InChI is InChI=1S/C10H20N2O/c1-3-11-8-10-4-6-12(7-5-10)9(2)13/h10-11H,3-8H2,1-2H3. The summed E-state index contributed by atoms with van der Waals surface area (Å²) in [6.45, 7) is 7.85. The topological polar surface area (TPSA) is 32.3 Å². The average molecular weight is 184 g/mol. The summed E-state index contributed by atoms with van der Waals surface area (Å²) in [5.74, 6) is 0.998. The Morgan fingerprint density at radius 2 is 2.08 bits per heavy atom. The fourth-order valence-electron chi connectivity index (χ4n) is 1.80. The van der Waals surface area contributed by atoms with Crippen LogP contribution in [0.15, 0.2) is 0 Å². The van der Waals surface area contributed by atoms with Crippen molar-refractivity contribution in [3.05, 3.63) is 0 Å². The van der Waals surface area contributed by atoms with Crippen LogP contribution in [0.4, 0.5) is 0 Å². The quantitative estimate of drug-likeness (QED) is 0.705. The molecule has 0 aromatic carbocycles. The van der Waals surface area contributed by atoms with Crippen molar-refractivity contribution in [2.24, 2.45) is 5.92 Å². The summed E-state index contributed by atoms with van der Waals surface area (Å²) in [6, 6.07) is 0. The Morgan fingerprint density at radius 3 is 2.54 bits per heavy atom. The Kier molecular flexibility index (Phi) is 4.22. The van der Waals surface area contributed by atoms with Crippen LogP contribution >= 0.6 is 0 Å². The maximum atomic E-state index is 11.0. The van der Waals surface area contributed by atoms with Crippen LogP contribution in [0, 0.1) is 5.92 Å². The van der Waals surface area contributed by atoms with Gasteiger partial charge in [-0.25, -0.2) is 0 Å². The molecule has 1 fully saturated rings. The first kappa shape index (κ1) is 10.5. The largest absolute Gasteiger partial charge is 0.343 e. The van der Waals surface area contributed by atoms with Crippen LogP contribution in [0.2, 0.25) is 0 Å².